The van der Waals surface area contributed by atoms with Crippen LogP contribution in [0, 0.1) is 0 Å². The van der Waals surface area contributed by atoms with Crippen LogP contribution in [0.5, 0.6) is 23.0 Å². The summed E-state index contributed by atoms with van der Waals surface area (Å²) in [6, 6.07) is 26.1. The van der Waals surface area contributed by atoms with E-state index >= 15 is 0 Å². The van der Waals surface area contributed by atoms with Crippen molar-refractivity contribution in [3.8, 4) is 45.3 Å². The van der Waals surface area contributed by atoms with Crippen molar-refractivity contribution in [2.45, 2.75) is 45.1 Å². The van der Waals surface area contributed by atoms with E-state index in [9.17, 15) is 19.5 Å². The second-order valence-corrected chi connectivity index (χ2v) is 13.5. The van der Waals surface area contributed by atoms with E-state index in [4.69, 9.17) is 23.7 Å². The first-order valence-electron chi connectivity index (χ1n) is 18.5. The molecule has 323 valence electrons. The molecule has 2 aromatic heterocycles. The van der Waals surface area contributed by atoms with Crippen molar-refractivity contribution in [3.05, 3.63) is 131 Å². The van der Waals surface area contributed by atoms with Crippen LogP contribution < -0.4 is 73.3 Å². The summed E-state index contributed by atoms with van der Waals surface area (Å²) in [4.78, 5) is 37.8. The van der Waals surface area contributed by atoms with Gasteiger partial charge in [0.15, 0.2) is 17.3 Å². The summed E-state index contributed by atoms with van der Waals surface area (Å²) in [5.74, 6) is 1.99. The molecule has 0 saturated heterocycles. The smallest absolute Gasteiger partial charge is 1.00 e. The summed E-state index contributed by atoms with van der Waals surface area (Å²) in [6.45, 7) is 3.88. The fourth-order valence-electron chi connectivity index (χ4n) is 6.53. The maximum absolute atomic E-state index is 13.0. The zero-order chi connectivity index (χ0) is 41.8. The largest absolute Gasteiger partial charge is 2.00 e. The predicted octanol–water partition coefficient (Wildman–Crippen LogP) is -1.42. The van der Waals surface area contributed by atoms with E-state index in [1.54, 1.807) is 57.9 Å². The molecule has 0 aliphatic rings. The normalized spacial score (nSPS) is 10.8. The van der Waals surface area contributed by atoms with Gasteiger partial charge in [0.05, 0.1) is 71.4 Å². The van der Waals surface area contributed by atoms with Crippen molar-refractivity contribution in [2.24, 2.45) is 0 Å². The Bertz CT molecular complexity index is 2390. The Hall–Kier alpha value is -3.83. The second kappa shape index (κ2) is 28.9. The van der Waals surface area contributed by atoms with Crippen molar-refractivity contribution >= 4 is 63.7 Å². The SMILES string of the molecule is COC(=O)c1[nH]ncc1-c1ccc(C(=O)C[C@H](C)c2cccc(OC)c2)c(OC)c1.COc1cccc([C@@H](C)CC(=O)c2ccc(-c3cn[nH]c3CO)cc2OC)c1.[B].[Ca+2].[Cl-].[Cl-].[H-].[Na+]. The molecule has 2 heterocycles. The van der Waals surface area contributed by atoms with Gasteiger partial charge in [-0.15, -0.1) is 0 Å². The summed E-state index contributed by atoms with van der Waals surface area (Å²) >= 11 is 0. The molecule has 0 fully saturated rings. The van der Waals surface area contributed by atoms with Crippen LogP contribution in [0.15, 0.2) is 97.3 Å². The molecule has 4 aromatic carbocycles. The number of hydrogen-bond acceptors (Lipinski definition) is 11. The van der Waals surface area contributed by atoms with Crippen molar-refractivity contribution in [2.75, 3.05) is 35.5 Å². The minimum atomic E-state index is -0.520. The van der Waals surface area contributed by atoms with E-state index in [1.807, 2.05) is 68.4 Å². The molecule has 0 aliphatic carbocycles. The molecule has 3 radical (unpaired) electrons. The van der Waals surface area contributed by atoms with Crippen molar-refractivity contribution in [1.82, 2.24) is 20.4 Å². The van der Waals surface area contributed by atoms with Crippen LogP contribution in [0.2, 0.25) is 0 Å². The number of aliphatic hydroxyl groups excluding tert-OH is 1. The molecular formula is C45H49BCaCl2N4NaO9. The average molecular weight is 935 g/mol. The summed E-state index contributed by atoms with van der Waals surface area (Å²) in [5.41, 5.74) is 6.83. The van der Waals surface area contributed by atoms with Gasteiger partial charge in [-0.05, 0) is 82.6 Å². The average Bonchev–Trinajstić information content (AvgIpc) is 3.96. The van der Waals surface area contributed by atoms with Gasteiger partial charge in [-0.3, -0.25) is 19.8 Å². The van der Waals surface area contributed by atoms with Crippen molar-refractivity contribution in [1.29, 1.82) is 0 Å². The molecule has 0 aliphatic heterocycles. The fourth-order valence-corrected chi connectivity index (χ4v) is 6.53. The van der Waals surface area contributed by atoms with Gasteiger partial charge in [0.25, 0.3) is 0 Å². The van der Waals surface area contributed by atoms with Crippen molar-refractivity contribution < 1.29 is 99.0 Å². The third-order valence-electron chi connectivity index (χ3n) is 9.84. The van der Waals surface area contributed by atoms with Gasteiger partial charge in [-0.1, -0.05) is 50.2 Å². The van der Waals surface area contributed by atoms with Gasteiger partial charge < -0.3 is 55.0 Å². The number of aromatic nitrogens is 4. The number of esters is 1. The zero-order valence-corrected chi connectivity index (χ0v) is 42.4. The summed E-state index contributed by atoms with van der Waals surface area (Å²) in [5, 5.41) is 22.7. The van der Waals surface area contributed by atoms with E-state index in [-0.39, 0.29) is 138 Å². The number of ketones is 2. The molecule has 0 unspecified atom stereocenters. The molecule has 13 nitrogen and oxygen atoms in total. The third-order valence-corrected chi connectivity index (χ3v) is 9.84. The van der Waals surface area contributed by atoms with Crippen LogP contribution in [0.1, 0.15) is 88.0 Å². The van der Waals surface area contributed by atoms with Crippen LogP contribution in [0.25, 0.3) is 22.3 Å². The first-order chi connectivity index (χ1) is 28.0. The van der Waals surface area contributed by atoms with E-state index in [1.165, 1.54) is 20.4 Å². The Morgan fingerprint density at radius 3 is 1.52 bits per heavy atom. The third kappa shape index (κ3) is 15.1. The molecule has 63 heavy (non-hydrogen) atoms. The minimum Gasteiger partial charge on any atom is -1.00 e. The number of ether oxygens (including phenoxy) is 5. The van der Waals surface area contributed by atoms with Crippen LogP contribution in [0.4, 0.5) is 0 Å². The molecule has 3 N–H and O–H groups in total. The monoisotopic (exact) mass is 933 g/mol. The number of aliphatic hydroxyl groups is 1. The molecule has 6 rings (SSSR count). The number of nitrogens with zero attached hydrogens (tertiary/aromatic N) is 2. The maximum Gasteiger partial charge on any atom is 2.00 e. The van der Waals surface area contributed by atoms with Crippen LogP contribution >= 0.6 is 0 Å². The van der Waals surface area contributed by atoms with E-state index in [0.29, 0.717) is 52.3 Å². The molecule has 2 atom stereocenters. The molecule has 0 spiro atoms. The van der Waals surface area contributed by atoms with Crippen LogP contribution in [-0.2, 0) is 11.3 Å². The molecule has 0 bridgehead atoms. The van der Waals surface area contributed by atoms with E-state index in [2.05, 4.69) is 20.4 Å². The van der Waals surface area contributed by atoms with Crippen LogP contribution in [0.3, 0.4) is 0 Å². The number of H-pyrrole nitrogens is 2. The minimum absolute atomic E-state index is 0. The number of rotatable bonds is 16. The van der Waals surface area contributed by atoms with Gasteiger partial charge in [0, 0.05) is 32.4 Å². The quantitative estimate of drug-likeness (QED) is 0.0591. The second-order valence-electron chi connectivity index (χ2n) is 13.5. The molecule has 0 amide bonds. The van der Waals surface area contributed by atoms with Crippen molar-refractivity contribution in [3.63, 3.8) is 0 Å². The van der Waals surface area contributed by atoms with Gasteiger partial charge >= 0.3 is 73.3 Å². The summed E-state index contributed by atoms with van der Waals surface area (Å²) < 4.78 is 26.2. The fraction of sp³-hybridized carbons (Fsp3) is 0.267. The Labute approximate surface area is 435 Å². The van der Waals surface area contributed by atoms with Gasteiger partial charge in [-0.25, -0.2) is 4.79 Å². The Balaban J connectivity index is 0. The first kappa shape index (κ1) is 59.2. The number of Topliss-reactive ketones (excluding diaryl/α,β-unsaturated/α-hetero) is 2. The Morgan fingerprint density at radius 2 is 1.10 bits per heavy atom. The number of nitrogens with one attached hydrogen (secondary N) is 2. The molecular weight excluding hydrogens is 885 g/mol. The van der Waals surface area contributed by atoms with Gasteiger partial charge in [-0.2, -0.15) is 10.2 Å². The number of hydrogen-bond donors (Lipinski definition) is 3. The standard InChI is InChI=1S/C23H24N2O5.C22H24N2O4.B.Ca.2ClH.Na.H/c1-14(15-6-5-7-17(11-15)28-2)10-20(26)18-9-8-16(12-21(18)29-3)19-13-24-25-22(19)23(27)30-4;1-14(15-5-4-6-17(10-15)27-2)9-21(26)18-8-7-16(11-22(18)28-3)19-12-23-24-20(19)13-25;;;;;;/h5-9,11-14H,10H2,1-4H3,(H,24,25);4-8,10-12,14,25H,9,13H2,1-3H3,(H,23,24);;;2*1H;;/q;;;+2;;;+1;-1/p-2/t2*14-;;;;;;/m00....../s1. The maximum atomic E-state index is 13.0. The van der Waals surface area contributed by atoms with Gasteiger partial charge in [0.2, 0.25) is 0 Å². The first-order valence-corrected chi connectivity index (χ1v) is 18.5. The number of carbonyl (C=O) groups excluding carboxylic acids is 3. The summed E-state index contributed by atoms with van der Waals surface area (Å²) in [6.07, 6.45) is 3.86. The number of halogens is 2. The topological polar surface area (TPSA) is 175 Å². The Morgan fingerprint density at radius 1 is 0.651 bits per heavy atom. The summed E-state index contributed by atoms with van der Waals surface area (Å²) in [7, 11) is 7.61. The number of benzene rings is 4. The van der Waals surface area contributed by atoms with E-state index in [0.717, 1.165) is 33.8 Å². The molecule has 18 heteroatoms. The predicted molar refractivity (Wildman–Crippen MR) is 232 cm³/mol. The number of methoxy groups -OCH3 is 5. The van der Waals surface area contributed by atoms with Crippen LogP contribution in [-0.4, -0.2) is 125 Å². The molecule has 6 aromatic rings. The van der Waals surface area contributed by atoms with E-state index < -0.39 is 5.97 Å². The number of aromatic amines is 2. The zero-order valence-electron chi connectivity index (χ0n) is 37.7. The molecule has 0 saturated carbocycles. The van der Waals surface area contributed by atoms with Gasteiger partial charge in [0.1, 0.15) is 23.0 Å². The Kier molecular flexibility index (Phi) is 27.1. The number of carbonyl (C=O) groups is 3.